The third-order valence-corrected chi connectivity index (χ3v) is 4.56. The molecule has 7 heteroatoms. The fourth-order valence-electron chi connectivity index (χ4n) is 2.48. The molecule has 0 amide bonds. The normalized spacial score (nSPS) is 16.4. The summed E-state index contributed by atoms with van der Waals surface area (Å²) in [5, 5.41) is 8.61. The van der Waals surface area contributed by atoms with Crippen LogP contribution in [0, 0.1) is 0 Å². The Morgan fingerprint density at radius 3 is 2.29 bits per heavy atom. The summed E-state index contributed by atoms with van der Waals surface area (Å²) in [6.45, 7) is 5.53. The number of nitrogens with zero attached hydrogens (tertiary/aromatic N) is 6. The maximum atomic E-state index is 4.41. The summed E-state index contributed by atoms with van der Waals surface area (Å²) in [5.74, 6) is 1.03. The standard InChI is InChI=1S/C17H19N6Se/c1-14(15-6-2-4-8-18-15)20-21-17(24)23-12-10-22(11-13-23)16-7-3-5-9-19-16/h2-9H,10-13H2,1H3/b20-14+,21-17-. The number of anilines is 1. The van der Waals surface area contributed by atoms with Crippen molar-refractivity contribution in [2.75, 3.05) is 31.1 Å². The monoisotopic (exact) mass is 387 g/mol. The molecule has 1 saturated heterocycles. The first kappa shape index (κ1) is 16.6. The van der Waals surface area contributed by atoms with Gasteiger partial charge in [0.2, 0.25) is 0 Å². The zero-order valence-corrected chi connectivity index (χ0v) is 15.3. The van der Waals surface area contributed by atoms with E-state index < -0.39 is 0 Å². The van der Waals surface area contributed by atoms with Gasteiger partial charge in [0.1, 0.15) is 0 Å². The number of rotatable bonds is 3. The van der Waals surface area contributed by atoms with Gasteiger partial charge in [-0.2, -0.15) is 0 Å². The predicted octanol–water partition coefficient (Wildman–Crippen LogP) is 1.55. The molecule has 0 unspecified atom stereocenters. The molecule has 1 fully saturated rings. The number of hydrogen-bond donors (Lipinski definition) is 0. The minimum atomic E-state index is 0.801. The molecule has 3 heterocycles. The van der Waals surface area contributed by atoms with Gasteiger partial charge in [0, 0.05) is 0 Å². The molecule has 1 aliphatic rings. The number of aromatic nitrogens is 2. The quantitative estimate of drug-likeness (QED) is 0.348. The van der Waals surface area contributed by atoms with Crippen molar-refractivity contribution < 1.29 is 0 Å². The van der Waals surface area contributed by atoms with E-state index in [2.05, 4.69) is 46.0 Å². The number of piperazine rings is 1. The second-order valence-electron chi connectivity index (χ2n) is 5.44. The summed E-state index contributed by atoms with van der Waals surface area (Å²) in [4.78, 5) is 13.2. The Kier molecular flexibility index (Phi) is 5.56. The van der Waals surface area contributed by atoms with Gasteiger partial charge < -0.3 is 0 Å². The van der Waals surface area contributed by atoms with Crippen LogP contribution in [-0.4, -0.2) is 67.5 Å². The first-order valence-corrected chi connectivity index (χ1v) is 8.71. The van der Waals surface area contributed by atoms with E-state index >= 15 is 0 Å². The molecule has 1 aliphatic heterocycles. The maximum absolute atomic E-state index is 4.41. The Labute approximate surface area is 150 Å². The van der Waals surface area contributed by atoms with E-state index in [-0.39, 0.29) is 0 Å². The minimum absolute atomic E-state index is 0.801. The fourth-order valence-corrected chi connectivity index (χ4v) is 2.95. The summed E-state index contributed by atoms with van der Waals surface area (Å²) < 4.78 is 0.811. The molecule has 0 aromatic carbocycles. The van der Waals surface area contributed by atoms with Crippen LogP contribution in [0.15, 0.2) is 59.0 Å². The van der Waals surface area contributed by atoms with Crippen molar-refractivity contribution in [2.45, 2.75) is 6.92 Å². The molecule has 0 atom stereocenters. The van der Waals surface area contributed by atoms with E-state index in [1.165, 1.54) is 0 Å². The molecule has 2 aromatic rings. The molecule has 0 aliphatic carbocycles. The molecular weight excluding hydrogens is 367 g/mol. The third-order valence-electron chi connectivity index (χ3n) is 3.84. The van der Waals surface area contributed by atoms with Crippen molar-refractivity contribution in [3.05, 3.63) is 54.5 Å². The van der Waals surface area contributed by atoms with Crippen LogP contribution in [0.2, 0.25) is 0 Å². The third kappa shape index (κ3) is 4.19. The summed E-state index contributed by atoms with van der Waals surface area (Å²) in [6.07, 6.45) is 3.59. The van der Waals surface area contributed by atoms with E-state index in [9.17, 15) is 0 Å². The van der Waals surface area contributed by atoms with Crippen LogP contribution in [0.5, 0.6) is 0 Å². The van der Waals surface area contributed by atoms with Gasteiger partial charge in [0.25, 0.3) is 0 Å². The number of hydrogen-bond acceptors (Lipinski definition) is 5. The molecule has 24 heavy (non-hydrogen) atoms. The first-order chi connectivity index (χ1) is 11.7. The van der Waals surface area contributed by atoms with E-state index in [1.807, 2.05) is 49.5 Å². The van der Waals surface area contributed by atoms with Gasteiger partial charge >= 0.3 is 150 Å². The molecule has 0 spiro atoms. The summed E-state index contributed by atoms with van der Waals surface area (Å²) in [6, 6.07) is 11.8. The summed E-state index contributed by atoms with van der Waals surface area (Å²) in [5.41, 5.74) is 1.64. The van der Waals surface area contributed by atoms with E-state index in [4.69, 9.17) is 0 Å². The average Bonchev–Trinajstić information content (AvgIpc) is 2.67. The van der Waals surface area contributed by atoms with Crippen LogP contribution >= 0.6 is 0 Å². The second-order valence-corrected chi connectivity index (χ2v) is 6.21. The van der Waals surface area contributed by atoms with Crippen LogP contribution in [-0.2, 0) is 0 Å². The molecule has 123 valence electrons. The topological polar surface area (TPSA) is 57.0 Å². The molecule has 0 bridgehead atoms. The van der Waals surface area contributed by atoms with Crippen LogP contribution in [0.3, 0.4) is 0 Å². The van der Waals surface area contributed by atoms with Gasteiger partial charge in [0.05, 0.1) is 0 Å². The Bertz CT molecular complexity index is 708. The Balaban J connectivity index is 1.60. The van der Waals surface area contributed by atoms with Gasteiger partial charge in [-0.1, -0.05) is 0 Å². The van der Waals surface area contributed by atoms with Crippen LogP contribution in [0.4, 0.5) is 5.82 Å². The zero-order chi connectivity index (χ0) is 16.8. The van der Waals surface area contributed by atoms with Gasteiger partial charge in [-0.15, -0.1) is 0 Å². The average molecular weight is 386 g/mol. The van der Waals surface area contributed by atoms with Crippen molar-refractivity contribution in [2.24, 2.45) is 10.2 Å². The zero-order valence-electron chi connectivity index (χ0n) is 13.5. The Morgan fingerprint density at radius 1 is 0.958 bits per heavy atom. The predicted molar refractivity (Wildman–Crippen MR) is 97.7 cm³/mol. The molecule has 1 radical (unpaired) electrons. The molecule has 3 rings (SSSR count). The van der Waals surface area contributed by atoms with E-state index in [1.54, 1.807) is 6.20 Å². The van der Waals surface area contributed by atoms with Gasteiger partial charge in [0.15, 0.2) is 0 Å². The summed E-state index contributed by atoms with van der Waals surface area (Å²) >= 11 is 3.02. The number of amidine groups is 1. The van der Waals surface area contributed by atoms with E-state index in [0.717, 1.165) is 48.1 Å². The van der Waals surface area contributed by atoms with Gasteiger partial charge in [-0.3, -0.25) is 0 Å². The van der Waals surface area contributed by atoms with Crippen LogP contribution in [0.1, 0.15) is 12.6 Å². The Morgan fingerprint density at radius 2 is 1.67 bits per heavy atom. The molecule has 6 nitrogen and oxygen atoms in total. The Hall–Kier alpha value is -2.24. The van der Waals surface area contributed by atoms with Gasteiger partial charge in [-0.05, 0) is 0 Å². The van der Waals surface area contributed by atoms with Crippen molar-refractivity contribution >= 4 is 32.3 Å². The van der Waals surface area contributed by atoms with Crippen molar-refractivity contribution in [1.82, 2.24) is 14.9 Å². The second kappa shape index (κ2) is 8.04. The van der Waals surface area contributed by atoms with E-state index in [0.29, 0.717) is 0 Å². The van der Waals surface area contributed by atoms with Crippen LogP contribution < -0.4 is 4.90 Å². The molecule has 0 N–H and O–H groups in total. The van der Waals surface area contributed by atoms with Gasteiger partial charge in [-0.25, -0.2) is 0 Å². The molecule has 2 aromatic heterocycles. The molecular formula is C17H19N6Se. The molecule has 0 saturated carbocycles. The fraction of sp³-hybridized carbons (Fsp3) is 0.294. The first-order valence-electron chi connectivity index (χ1n) is 7.85. The van der Waals surface area contributed by atoms with Crippen molar-refractivity contribution in [3.63, 3.8) is 0 Å². The van der Waals surface area contributed by atoms with Crippen LogP contribution in [0.25, 0.3) is 0 Å². The van der Waals surface area contributed by atoms with Crippen molar-refractivity contribution in [1.29, 1.82) is 0 Å². The summed E-state index contributed by atoms with van der Waals surface area (Å²) in [7, 11) is 0. The number of pyridine rings is 2. The SMILES string of the molecule is C/C(=N\N=C(/[Se])N1CCN(c2ccccn2)CC1)c1ccccn1. The van der Waals surface area contributed by atoms with Crippen molar-refractivity contribution in [3.8, 4) is 0 Å².